The van der Waals surface area contributed by atoms with Crippen molar-refractivity contribution in [3.8, 4) is 23.0 Å². The largest absolute Gasteiger partial charge is 1.00 e. The Morgan fingerprint density at radius 3 is 1.60 bits per heavy atom. The molecule has 168 valence electrons. The second-order valence-corrected chi connectivity index (χ2v) is 8.35. The number of hydrogen-bond acceptors (Lipinski definition) is 10. The van der Waals surface area contributed by atoms with E-state index in [1.54, 1.807) is 48.5 Å². The van der Waals surface area contributed by atoms with E-state index in [0.29, 0.717) is 29.2 Å². The summed E-state index contributed by atoms with van der Waals surface area (Å²) in [5.74, 6) is -0.290. The minimum absolute atomic E-state index is 0. The van der Waals surface area contributed by atoms with Crippen molar-refractivity contribution in [3.05, 3.63) is 81.4 Å². The maximum absolute atomic E-state index is 14.2. The van der Waals surface area contributed by atoms with E-state index in [2.05, 4.69) is 9.53 Å². The standard InChI is InChI=1S/C18H11FN4O8P2.2Na/c19-10-9-22(16(25)20-32-28-11-5-1-2-6-12(11)29-32)18(27)23(15(10)24)17(26)21-33-30-13-7-3-4-8-14(13)31-33;;/h1-9H,(H,20,25)(H,21,26);;/q;2*+1/p-2. The summed E-state index contributed by atoms with van der Waals surface area (Å²) in [7, 11) is -4.40. The molecule has 0 aliphatic carbocycles. The first-order valence-corrected chi connectivity index (χ1v) is 11.2. The van der Waals surface area contributed by atoms with Gasteiger partial charge in [0.05, 0.1) is 18.2 Å². The van der Waals surface area contributed by atoms with Crippen LogP contribution in [0.25, 0.3) is 0 Å². The maximum atomic E-state index is 14.2. The van der Waals surface area contributed by atoms with Crippen LogP contribution in [0, 0.1) is 5.82 Å². The fourth-order valence-electron chi connectivity index (χ4n) is 2.72. The molecule has 0 bridgehead atoms. The molecule has 1 aromatic heterocycles. The van der Waals surface area contributed by atoms with Crippen LogP contribution >= 0.6 is 17.1 Å². The Morgan fingerprint density at radius 1 is 0.771 bits per heavy atom. The fraction of sp³-hybridized carbons (Fsp3) is 0. The number of aromatic nitrogens is 2. The van der Waals surface area contributed by atoms with Crippen molar-refractivity contribution in [2.24, 2.45) is 9.53 Å². The summed E-state index contributed by atoms with van der Waals surface area (Å²) in [6.07, 6.45) is 0.322. The zero-order valence-corrected chi connectivity index (χ0v) is 23.8. The Kier molecular flexibility index (Phi) is 9.01. The van der Waals surface area contributed by atoms with Gasteiger partial charge in [0.1, 0.15) is 0 Å². The molecule has 0 unspecified atom stereocenters. The van der Waals surface area contributed by atoms with Crippen molar-refractivity contribution in [2.75, 3.05) is 0 Å². The van der Waals surface area contributed by atoms with Gasteiger partial charge in [-0.25, -0.2) is 9.36 Å². The van der Waals surface area contributed by atoms with Crippen LogP contribution in [0.1, 0.15) is 0 Å². The average Bonchev–Trinajstić information content (AvgIpc) is 3.38. The van der Waals surface area contributed by atoms with Gasteiger partial charge in [-0.2, -0.15) is 13.9 Å². The molecule has 0 fully saturated rings. The molecule has 0 radical (unpaired) electrons. The topological polar surface area (TPSA) is 152 Å². The summed E-state index contributed by atoms with van der Waals surface area (Å²) < 4.78 is 42.7. The molecule has 2 aliphatic rings. The fourth-order valence-corrected chi connectivity index (χ4v) is 4.70. The van der Waals surface area contributed by atoms with E-state index in [4.69, 9.17) is 18.1 Å². The molecule has 3 heterocycles. The number of hydrogen-bond donors (Lipinski definition) is 0. The summed E-state index contributed by atoms with van der Waals surface area (Å²) in [4.78, 5) is 24.8. The van der Waals surface area contributed by atoms with Crippen LogP contribution in [-0.2, 0) is 0 Å². The van der Waals surface area contributed by atoms with Crippen LogP contribution in [0.15, 0.2) is 73.8 Å². The van der Waals surface area contributed by atoms with E-state index >= 15 is 0 Å². The number of fused-ring (bicyclic) bond motifs is 2. The van der Waals surface area contributed by atoms with Gasteiger partial charge in [0, 0.05) is 0 Å². The Balaban J connectivity index is 0.00000171. The van der Waals surface area contributed by atoms with E-state index in [1.807, 2.05) is 0 Å². The number of halogens is 1. The molecule has 0 N–H and O–H groups in total. The molecule has 0 saturated carbocycles. The van der Waals surface area contributed by atoms with Gasteiger partial charge in [-0.05, 0) is 24.3 Å². The Labute approximate surface area is 242 Å². The molecule has 3 aromatic rings. The normalized spacial score (nSPS) is 14.9. The number of para-hydroxylation sites is 4. The molecular formula is C18H9FN4Na2O8P2. The van der Waals surface area contributed by atoms with Gasteiger partial charge in [0.2, 0.25) is 5.82 Å². The molecule has 0 spiro atoms. The predicted molar refractivity (Wildman–Crippen MR) is 110 cm³/mol. The second-order valence-electron chi connectivity index (χ2n) is 6.27. The predicted octanol–water partition coefficient (Wildman–Crippen LogP) is -5.32. The van der Waals surface area contributed by atoms with E-state index in [0.717, 1.165) is 0 Å². The van der Waals surface area contributed by atoms with Crippen molar-refractivity contribution >= 4 is 29.1 Å². The van der Waals surface area contributed by atoms with Gasteiger partial charge in [0.25, 0.3) is 5.56 Å². The van der Waals surface area contributed by atoms with Crippen LogP contribution in [0.3, 0.4) is 0 Å². The summed E-state index contributed by atoms with van der Waals surface area (Å²) in [6.45, 7) is 0. The van der Waals surface area contributed by atoms with E-state index in [-0.39, 0.29) is 68.2 Å². The molecule has 12 nitrogen and oxygen atoms in total. The van der Waals surface area contributed by atoms with Crippen LogP contribution in [0.5, 0.6) is 23.0 Å². The van der Waals surface area contributed by atoms with E-state index in [9.17, 15) is 24.2 Å². The van der Waals surface area contributed by atoms with Gasteiger partial charge in [-0.15, -0.1) is 0 Å². The maximum Gasteiger partial charge on any atom is 1.00 e. The van der Waals surface area contributed by atoms with Crippen LogP contribution in [-0.4, -0.2) is 21.2 Å². The van der Waals surface area contributed by atoms with Crippen molar-refractivity contribution < 1.29 is 91.8 Å². The molecule has 5 rings (SSSR count). The van der Waals surface area contributed by atoms with Gasteiger partial charge >= 0.3 is 81.9 Å². The molecule has 35 heavy (non-hydrogen) atoms. The van der Waals surface area contributed by atoms with Crippen LogP contribution in [0.2, 0.25) is 0 Å². The minimum Gasteiger partial charge on any atom is -0.845 e. The first kappa shape index (κ1) is 27.6. The van der Waals surface area contributed by atoms with Crippen molar-refractivity contribution in [3.63, 3.8) is 0 Å². The number of rotatable bonds is 2. The third kappa shape index (κ3) is 5.58. The molecule has 0 saturated heterocycles. The summed E-state index contributed by atoms with van der Waals surface area (Å²) in [5.41, 5.74) is -3.08. The van der Waals surface area contributed by atoms with Crippen LogP contribution in [0.4, 0.5) is 4.39 Å². The molecule has 0 amide bonds. The Morgan fingerprint density at radius 2 is 1.17 bits per heavy atom. The van der Waals surface area contributed by atoms with Crippen molar-refractivity contribution in [1.29, 1.82) is 0 Å². The Hall–Kier alpha value is -1.95. The number of nitrogens with zero attached hydrogens (tertiary/aromatic N) is 4. The molecule has 0 atom stereocenters. The monoisotopic (exact) mass is 536 g/mol. The molecule has 2 aliphatic heterocycles. The SMILES string of the molecule is O=c1c(F)cn(/C([O-])=N\P2Oc3ccccc3O2)c(=O)n1/C([O-])=N/P1Oc2ccccc2O1.[Na+].[Na+]. The van der Waals surface area contributed by atoms with Crippen molar-refractivity contribution in [1.82, 2.24) is 9.13 Å². The molecule has 17 heteroatoms. The first-order chi connectivity index (χ1) is 15.9. The average molecular weight is 536 g/mol. The van der Waals surface area contributed by atoms with E-state index in [1.165, 1.54) is 0 Å². The Bertz CT molecular complexity index is 1400. The summed E-state index contributed by atoms with van der Waals surface area (Å²) in [6, 6.07) is 10.2. The smallest absolute Gasteiger partial charge is 0.845 e. The second kappa shape index (κ2) is 11.4. The number of benzene rings is 2. The van der Waals surface area contributed by atoms with Gasteiger partial charge in [0.15, 0.2) is 23.0 Å². The zero-order valence-electron chi connectivity index (χ0n) is 18.0. The molecular weight excluding hydrogens is 527 g/mol. The van der Waals surface area contributed by atoms with E-state index < -0.39 is 46.2 Å². The molecule has 2 aromatic carbocycles. The van der Waals surface area contributed by atoms with Crippen LogP contribution < -0.4 is 98.7 Å². The quantitative estimate of drug-likeness (QED) is 0.136. The van der Waals surface area contributed by atoms with Crippen molar-refractivity contribution in [2.45, 2.75) is 0 Å². The minimum atomic E-state index is -2.23. The van der Waals surface area contributed by atoms with Gasteiger partial charge in [-0.1, -0.05) is 24.3 Å². The third-order valence-corrected chi connectivity index (χ3v) is 6.26. The summed E-state index contributed by atoms with van der Waals surface area (Å²) in [5, 5.41) is 25.0. The van der Waals surface area contributed by atoms with Gasteiger partial charge in [-0.3, -0.25) is 9.36 Å². The first-order valence-electron chi connectivity index (χ1n) is 8.97. The third-order valence-electron chi connectivity index (χ3n) is 4.18. The summed E-state index contributed by atoms with van der Waals surface area (Å²) >= 11 is 0. The zero-order chi connectivity index (χ0) is 23.1. The van der Waals surface area contributed by atoms with Gasteiger partial charge < -0.3 is 28.3 Å².